The van der Waals surface area contributed by atoms with Crippen molar-refractivity contribution in [2.24, 2.45) is 7.05 Å². The molecule has 1 aromatic carbocycles. The monoisotopic (exact) mass is 426 g/mol. The van der Waals surface area contributed by atoms with Crippen LogP contribution in [0.2, 0.25) is 0 Å². The molecule has 8 heteroatoms. The van der Waals surface area contributed by atoms with Gasteiger partial charge in [-0.2, -0.15) is 5.10 Å². The molecule has 0 bridgehead atoms. The fraction of sp³-hybridized carbons (Fsp3) is 0.435. The van der Waals surface area contributed by atoms with Crippen LogP contribution in [0.25, 0.3) is 5.76 Å². The number of aromatic nitrogens is 2. The number of hydrogen-bond acceptors (Lipinski definition) is 6. The van der Waals surface area contributed by atoms with Crippen molar-refractivity contribution in [1.29, 1.82) is 0 Å². The van der Waals surface area contributed by atoms with Gasteiger partial charge in [0.05, 0.1) is 30.0 Å². The summed E-state index contributed by atoms with van der Waals surface area (Å²) in [5.74, 6) is -0.782. The Kier molecular flexibility index (Phi) is 6.50. The van der Waals surface area contributed by atoms with Gasteiger partial charge in [-0.3, -0.25) is 14.3 Å². The number of likely N-dealkylation sites (tertiary alicyclic amines) is 1. The summed E-state index contributed by atoms with van der Waals surface area (Å²) in [5, 5.41) is 15.6. The molecule has 2 heterocycles. The van der Waals surface area contributed by atoms with E-state index in [0.717, 1.165) is 17.8 Å². The molecule has 2 aromatic rings. The Morgan fingerprint density at radius 3 is 2.35 bits per heavy atom. The number of Topliss-reactive ketones (excluding diaryl/α,β-unsaturated/α-hetero) is 1. The number of carbonyl (C=O) groups excluding carboxylic acids is 2. The van der Waals surface area contributed by atoms with Gasteiger partial charge in [-0.05, 0) is 58.6 Å². The van der Waals surface area contributed by atoms with E-state index < -0.39 is 17.7 Å². The number of amides is 1. The summed E-state index contributed by atoms with van der Waals surface area (Å²) in [7, 11) is 7.28. The minimum absolute atomic E-state index is 0.0965. The molecule has 1 aliphatic rings. The number of rotatable bonds is 7. The number of ketones is 1. The fourth-order valence-corrected chi connectivity index (χ4v) is 4.05. The lowest BCUT2D eigenvalue weighted by Crippen LogP contribution is -2.32. The number of methoxy groups -OCH3 is 1. The molecule has 1 fully saturated rings. The van der Waals surface area contributed by atoms with Crippen LogP contribution < -0.4 is 4.74 Å². The smallest absolute Gasteiger partial charge is 0.295 e. The summed E-state index contributed by atoms with van der Waals surface area (Å²) in [5.41, 5.74) is 2.66. The first-order valence-electron chi connectivity index (χ1n) is 10.2. The van der Waals surface area contributed by atoms with Gasteiger partial charge >= 0.3 is 0 Å². The second-order valence-corrected chi connectivity index (χ2v) is 8.09. The highest BCUT2D eigenvalue weighted by molar-refractivity contribution is 6.46. The van der Waals surface area contributed by atoms with Crippen molar-refractivity contribution in [3.63, 3.8) is 0 Å². The number of nitrogens with zero attached hydrogens (tertiary/aromatic N) is 4. The highest BCUT2D eigenvalue weighted by Crippen LogP contribution is 2.40. The van der Waals surface area contributed by atoms with Crippen molar-refractivity contribution in [1.82, 2.24) is 19.6 Å². The Labute approximate surface area is 182 Å². The average Bonchev–Trinajstić information content (AvgIpc) is 3.13. The number of aryl methyl sites for hydroxylation is 2. The molecule has 0 saturated carbocycles. The summed E-state index contributed by atoms with van der Waals surface area (Å²) < 4.78 is 6.90. The maximum Gasteiger partial charge on any atom is 0.295 e. The van der Waals surface area contributed by atoms with Crippen LogP contribution in [0, 0.1) is 13.8 Å². The molecule has 0 unspecified atom stereocenters. The number of carbonyl (C=O) groups is 2. The Balaban J connectivity index is 2.14. The molecular formula is C23H30N4O4. The maximum atomic E-state index is 13.1. The van der Waals surface area contributed by atoms with Crippen LogP contribution in [0.1, 0.15) is 35.0 Å². The molecule has 8 nitrogen and oxygen atoms in total. The number of benzene rings is 1. The molecular weight excluding hydrogens is 396 g/mol. The van der Waals surface area contributed by atoms with E-state index in [1.54, 1.807) is 42.8 Å². The zero-order valence-electron chi connectivity index (χ0n) is 19.0. The molecule has 1 amide bonds. The van der Waals surface area contributed by atoms with E-state index in [2.05, 4.69) is 5.10 Å². The van der Waals surface area contributed by atoms with Crippen LogP contribution in [0.3, 0.4) is 0 Å². The lowest BCUT2D eigenvalue weighted by atomic mass is 9.94. The predicted molar refractivity (Wildman–Crippen MR) is 118 cm³/mol. The molecule has 1 atom stereocenters. The average molecular weight is 427 g/mol. The predicted octanol–water partition coefficient (Wildman–Crippen LogP) is 2.42. The first-order valence-corrected chi connectivity index (χ1v) is 10.2. The number of ether oxygens (including phenoxy) is 1. The Hall–Kier alpha value is -3.13. The SMILES string of the molecule is COc1ccc([C@@H]2C(=C(O)c3c(C)nn(C)c3C)C(=O)C(=O)N2CCCN(C)C)cc1. The highest BCUT2D eigenvalue weighted by Gasteiger charge is 2.46. The van der Waals surface area contributed by atoms with Gasteiger partial charge in [0.25, 0.3) is 11.7 Å². The zero-order valence-corrected chi connectivity index (χ0v) is 19.0. The van der Waals surface area contributed by atoms with E-state index in [9.17, 15) is 14.7 Å². The second kappa shape index (κ2) is 8.93. The minimum Gasteiger partial charge on any atom is -0.507 e. The van der Waals surface area contributed by atoms with Crippen LogP contribution in [0.15, 0.2) is 29.8 Å². The van der Waals surface area contributed by atoms with E-state index in [4.69, 9.17) is 4.74 Å². The maximum absolute atomic E-state index is 13.1. The van der Waals surface area contributed by atoms with Crippen LogP contribution in [-0.4, -0.2) is 70.7 Å². The Bertz CT molecular complexity index is 1020. The van der Waals surface area contributed by atoms with Crippen LogP contribution in [0.5, 0.6) is 5.75 Å². The van der Waals surface area contributed by atoms with E-state index in [0.29, 0.717) is 30.0 Å². The van der Waals surface area contributed by atoms with Crippen molar-refractivity contribution in [3.05, 3.63) is 52.4 Å². The fourth-order valence-electron chi connectivity index (χ4n) is 4.05. The highest BCUT2D eigenvalue weighted by atomic mass is 16.5. The number of aliphatic hydroxyl groups is 1. The third-order valence-electron chi connectivity index (χ3n) is 5.72. The van der Waals surface area contributed by atoms with Crippen LogP contribution in [-0.2, 0) is 16.6 Å². The van der Waals surface area contributed by atoms with Gasteiger partial charge in [-0.15, -0.1) is 0 Å². The van der Waals surface area contributed by atoms with E-state index in [-0.39, 0.29) is 11.3 Å². The van der Waals surface area contributed by atoms with Gasteiger partial charge in [-0.1, -0.05) is 12.1 Å². The number of hydrogen-bond donors (Lipinski definition) is 1. The molecule has 1 saturated heterocycles. The van der Waals surface area contributed by atoms with E-state index in [1.807, 2.05) is 38.1 Å². The van der Waals surface area contributed by atoms with E-state index >= 15 is 0 Å². The summed E-state index contributed by atoms with van der Waals surface area (Å²) in [6, 6.07) is 6.55. The van der Waals surface area contributed by atoms with Crippen molar-refractivity contribution in [2.75, 3.05) is 34.3 Å². The summed E-state index contributed by atoms with van der Waals surface area (Å²) in [6.45, 7) is 4.78. The first-order chi connectivity index (χ1) is 14.7. The van der Waals surface area contributed by atoms with Gasteiger partial charge in [0.15, 0.2) is 0 Å². The molecule has 1 aliphatic heterocycles. The topological polar surface area (TPSA) is 87.9 Å². The molecule has 0 spiro atoms. The lowest BCUT2D eigenvalue weighted by Gasteiger charge is -2.26. The largest absolute Gasteiger partial charge is 0.507 e. The van der Waals surface area contributed by atoms with Gasteiger partial charge in [0.2, 0.25) is 0 Å². The van der Waals surface area contributed by atoms with Gasteiger partial charge in [0, 0.05) is 19.3 Å². The number of aliphatic hydroxyl groups excluding tert-OH is 1. The standard InChI is InChI=1S/C23H30N4O4/c1-14-18(15(2)26(5)24-14)21(28)19-20(16-8-10-17(31-6)11-9-16)27(23(30)22(19)29)13-7-12-25(3)4/h8-11,20,28H,7,12-13H2,1-6H3/t20-/m1/s1. The molecule has 31 heavy (non-hydrogen) atoms. The third kappa shape index (κ3) is 4.20. The first kappa shape index (κ1) is 22.6. The molecule has 1 N–H and O–H groups in total. The minimum atomic E-state index is -0.675. The van der Waals surface area contributed by atoms with Gasteiger partial charge < -0.3 is 19.6 Å². The van der Waals surface area contributed by atoms with Crippen molar-refractivity contribution >= 4 is 17.4 Å². The van der Waals surface area contributed by atoms with Crippen molar-refractivity contribution in [2.45, 2.75) is 26.3 Å². The molecule has 166 valence electrons. The normalized spacial score (nSPS) is 18.3. The van der Waals surface area contributed by atoms with Crippen molar-refractivity contribution in [3.8, 4) is 5.75 Å². The van der Waals surface area contributed by atoms with Crippen LogP contribution in [0.4, 0.5) is 0 Å². The zero-order chi connectivity index (χ0) is 22.9. The quantitative estimate of drug-likeness (QED) is 0.416. The Morgan fingerprint density at radius 2 is 1.84 bits per heavy atom. The molecule has 0 aliphatic carbocycles. The second-order valence-electron chi connectivity index (χ2n) is 8.09. The lowest BCUT2D eigenvalue weighted by molar-refractivity contribution is -0.139. The molecule has 1 aromatic heterocycles. The molecule has 0 radical (unpaired) electrons. The third-order valence-corrected chi connectivity index (χ3v) is 5.72. The van der Waals surface area contributed by atoms with Gasteiger partial charge in [0.1, 0.15) is 11.5 Å². The molecule has 3 rings (SSSR count). The van der Waals surface area contributed by atoms with Crippen molar-refractivity contribution < 1.29 is 19.4 Å². The van der Waals surface area contributed by atoms with E-state index in [1.165, 1.54) is 0 Å². The summed E-state index contributed by atoms with van der Waals surface area (Å²) in [4.78, 5) is 29.7. The summed E-state index contributed by atoms with van der Waals surface area (Å²) >= 11 is 0. The van der Waals surface area contributed by atoms with Gasteiger partial charge in [-0.25, -0.2) is 0 Å². The summed E-state index contributed by atoms with van der Waals surface area (Å²) in [6.07, 6.45) is 0.706. The Morgan fingerprint density at radius 1 is 1.19 bits per heavy atom. The van der Waals surface area contributed by atoms with Crippen LogP contribution >= 0.6 is 0 Å².